The Morgan fingerprint density at radius 1 is 0.603 bits per heavy atom. The topological polar surface area (TPSA) is 256 Å². The van der Waals surface area contributed by atoms with Crippen molar-refractivity contribution in [2.75, 3.05) is 37.9 Å². The highest BCUT2D eigenvalue weighted by Crippen LogP contribution is 2.28. The van der Waals surface area contributed by atoms with Gasteiger partial charge in [-0.05, 0) is 97.5 Å². The zero-order chi connectivity index (χ0) is 43.0. The van der Waals surface area contributed by atoms with E-state index in [-0.39, 0.29) is 35.0 Å². The van der Waals surface area contributed by atoms with Gasteiger partial charge in [0.15, 0.2) is 0 Å². The van der Waals surface area contributed by atoms with Crippen molar-refractivity contribution in [3.63, 3.8) is 0 Å². The fourth-order valence-electron chi connectivity index (χ4n) is 5.26. The molecule has 4 aromatic carbocycles. The van der Waals surface area contributed by atoms with Gasteiger partial charge in [0, 0.05) is 37.3 Å². The van der Waals surface area contributed by atoms with E-state index in [0.717, 1.165) is 24.3 Å². The maximum Gasteiger partial charge on any atom is 0.328 e. The van der Waals surface area contributed by atoms with Crippen LogP contribution >= 0.6 is 0 Å². The smallest absolute Gasteiger partial charge is 0.328 e. The van der Waals surface area contributed by atoms with Gasteiger partial charge in [0.25, 0.3) is 0 Å². The molecule has 0 heterocycles. The highest BCUT2D eigenvalue weighted by molar-refractivity contribution is 5.89. The van der Waals surface area contributed by atoms with Gasteiger partial charge in [-0.2, -0.15) is 0 Å². The molecule has 10 N–H and O–H groups in total. The molecule has 0 saturated heterocycles. The van der Waals surface area contributed by atoms with Crippen LogP contribution in [0.15, 0.2) is 97.1 Å². The predicted octanol–water partition coefficient (Wildman–Crippen LogP) is 4.16. The van der Waals surface area contributed by atoms with Crippen LogP contribution < -0.4 is 30.7 Å². The fourth-order valence-corrected chi connectivity index (χ4v) is 5.26. The first-order valence-corrected chi connectivity index (χ1v) is 18.0. The van der Waals surface area contributed by atoms with Gasteiger partial charge in [0.2, 0.25) is 12.8 Å². The first-order valence-electron chi connectivity index (χ1n) is 18.0. The van der Waals surface area contributed by atoms with Crippen LogP contribution in [0.5, 0.6) is 23.0 Å². The zero-order valence-corrected chi connectivity index (χ0v) is 32.7. The molecule has 0 bridgehead atoms. The van der Waals surface area contributed by atoms with Gasteiger partial charge in [-0.3, -0.25) is 9.59 Å². The molecule has 0 spiro atoms. The van der Waals surface area contributed by atoms with Crippen molar-refractivity contribution >= 4 is 36.1 Å². The summed E-state index contributed by atoms with van der Waals surface area (Å²) in [5, 5.41) is 66.9. The third-order valence-corrected chi connectivity index (χ3v) is 8.33. The molecule has 4 atom stereocenters. The van der Waals surface area contributed by atoms with Gasteiger partial charge in [0.05, 0.1) is 37.8 Å². The average Bonchev–Trinajstić information content (AvgIpc) is 3.21. The third-order valence-electron chi connectivity index (χ3n) is 8.33. The first-order chi connectivity index (χ1) is 27.7. The number of ether oxygens (including phenoxy) is 2. The summed E-state index contributed by atoms with van der Waals surface area (Å²) < 4.78 is 10.3. The van der Waals surface area contributed by atoms with E-state index in [1.54, 1.807) is 38.5 Å². The van der Waals surface area contributed by atoms with E-state index in [4.69, 9.17) is 19.7 Å². The number of aliphatic carboxylic acids is 2. The number of aliphatic hydroxyl groups excluding tert-OH is 2. The third kappa shape index (κ3) is 18.0. The Balaban J connectivity index is 0.000000337. The minimum absolute atomic E-state index is 0.0381. The Bertz CT molecular complexity index is 1770. The molecule has 16 heteroatoms. The second-order valence-corrected chi connectivity index (χ2v) is 12.8. The Labute approximate surface area is 336 Å². The lowest BCUT2D eigenvalue weighted by Gasteiger charge is -2.18. The van der Waals surface area contributed by atoms with Crippen molar-refractivity contribution in [2.45, 2.75) is 51.0 Å². The number of carbonyl (C=O) groups is 4. The van der Waals surface area contributed by atoms with Crippen LogP contribution in [0.1, 0.15) is 48.3 Å². The number of phenols is 2. The molecule has 0 aliphatic carbocycles. The second kappa shape index (κ2) is 25.6. The molecule has 0 aromatic heterocycles. The van der Waals surface area contributed by atoms with Crippen molar-refractivity contribution < 1.29 is 59.3 Å². The maximum absolute atomic E-state index is 10.5. The highest BCUT2D eigenvalue weighted by atomic mass is 16.5. The largest absolute Gasteiger partial charge is 0.506 e. The van der Waals surface area contributed by atoms with E-state index < -0.39 is 24.1 Å². The number of phenolic OH excluding ortho intramolecular Hbond substituents is 2. The van der Waals surface area contributed by atoms with E-state index in [2.05, 4.69) is 21.3 Å². The van der Waals surface area contributed by atoms with Gasteiger partial charge in [-0.15, -0.1) is 0 Å². The second-order valence-electron chi connectivity index (χ2n) is 12.8. The fraction of sp³-hybridized carbons (Fsp3) is 0.286. The van der Waals surface area contributed by atoms with Crippen LogP contribution in [0, 0.1) is 0 Å². The van der Waals surface area contributed by atoms with Crippen molar-refractivity contribution in [3.8, 4) is 23.0 Å². The van der Waals surface area contributed by atoms with Crippen LogP contribution in [-0.2, 0) is 32.0 Å². The number of rotatable bonds is 20. The van der Waals surface area contributed by atoms with Crippen molar-refractivity contribution in [1.29, 1.82) is 0 Å². The molecular weight excluding hydrogens is 752 g/mol. The lowest BCUT2D eigenvalue weighted by atomic mass is 10.1. The van der Waals surface area contributed by atoms with Crippen LogP contribution in [0.4, 0.5) is 11.4 Å². The first kappa shape index (κ1) is 47.7. The average molecular weight is 805 g/mol. The number of aliphatic hydroxyl groups is 2. The molecule has 16 nitrogen and oxygen atoms in total. The molecule has 0 aliphatic heterocycles. The number of aromatic hydroxyl groups is 2. The number of amides is 2. The van der Waals surface area contributed by atoms with Crippen molar-refractivity contribution in [3.05, 3.63) is 119 Å². The number of hydrogen-bond acceptors (Lipinski definition) is 12. The van der Waals surface area contributed by atoms with Gasteiger partial charge in [-0.25, -0.2) is 9.59 Å². The number of hydrogen-bond donors (Lipinski definition) is 10. The lowest BCUT2D eigenvalue weighted by Crippen LogP contribution is -2.32. The summed E-state index contributed by atoms with van der Waals surface area (Å²) >= 11 is 0. The number of carbonyl (C=O) groups excluding carboxylic acids is 2. The highest BCUT2D eigenvalue weighted by Gasteiger charge is 2.14. The van der Waals surface area contributed by atoms with Crippen LogP contribution in [-0.4, -0.2) is 94.8 Å². The molecule has 0 fully saturated rings. The minimum Gasteiger partial charge on any atom is -0.506 e. The molecule has 0 unspecified atom stereocenters. The van der Waals surface area contributed by atoms with Crippen molar-refractivity contribution in [1.82, 2.24) is 10.6 Å². The molecule has 0 saturated carbocycles. The molecule has 2 amide bonds. The number of benzene rings is 4. The molecule has 4 rings (SSSR count). The number of carboxylic acid groups (broad SMARTS) is 2. The SMILES string of the molecule is COc1ccc(C[C@@H](C)NC[C@@H](O)c2ccc(O)c(NC=O)c2)cc1.COc1ccc(C[C@@H](C)NC[C@@H](O)c2ccc(O)c(NC=O)c2)cc1.O=C(O)/C=C/C(=O)O. The van der Waals surface area contributed by atoms with E-state index in [0.29, 0.717) is 49.2 Å². The molecule has 58 heavy (non-hydrogen) atoms. The van der Waals surface area contributed by atoms with Gasteiger partial charge in [0.1, 0.15) is 23.0 Å². The van der Waals surface area contributed by atoms with Crippen LogP contribution in [0.25, 0.3) is 0 Å². The van der Waals surface area contributed by atoms with Gasteiger partial charge >= 0.3 is 11.9 Å². The van der Waals surface area contributed by atoms with Gasteiger partial charge < -0.3 is 61.4 Å². The van der Waals surface area contributed by atoms with Gasteiger partial charge in [-0.1, -0.05) is 36.4 Å². The number of carboxylic acids is 2. The number of methoxy groups -OCH3 is 2. The quantitative estimate of drug-likeness (QED) is 0.0342. The Hall–Kier alpha value is -6.46. The lowest BCUT2D eigenvalue weighted by molar-refractivity contribution is -0.134. The Morgan fingerprint density at radius 3 is 1.24 bits per heavy atom. The van der Waals surface area contributed by atoms with E-state index in [1.807, 2.05) is 62.4 Å². The van der Waals surface area contributed by atoms with E-state index in [1.165, 1.54) is 23.3 Å². The monoisotopic (exact) mass is 804 g/mol. The van der Waals surface area contributed by atoms with Crippen molar-refractivity contribution in [2.24, 2.45) is 0 Å². The summed E-state index contributed by atoms with van der Waals surface area (Å²) in [6.45, 7) is 4.82. The van der Waals surface area contributed by atoms with Crippen LogP contribution in [0.3, 0.4) is 0 Å². The summed E-state index contributed by atoms with van der Waals surface area (Å²) in [6, 6.07) is 25.4. The summed E-state index contributed by atoms with van der Waals surface area (Å²) in [5.74, 6) is -0.939. The summed E-state index contributed by atoms with van der Waals surface area (Å²) in [6.07, 6.45) is 2.25. The molecule has 0 aliphatic rings. The van der Waals surface area contributed by atoms with Crippen LogP contribution in [0.2, 0.25) is 0 Å². The normalized spacial score (nSPS) is 12.6. The Morgan fingerprint density at radius 2 is 0.948 bits per heavy atom. The summed E-state index contributed by atoms with van der Waals surface area (Å²) in [4.78, 5) is 40.2. The molecule has 4 aromatic rings. The zero-order valence-electron chi connectivity index (χ0n) is 32.7. The van der Waals surface area contributed by atoms with E-state index >= 15 is 0 Å². The molecule has 312 valence electrons. The standard InChI is InChI=1S/2C19H24N2O4.C4H4O4/c2*1-13(9-14-3-6-16(25-2)7-4-14)20-11-19(24)15-5-8-18(23)17(10-15)21-12-22;5-3(6)1-2-4(7)8/h2*3-8,10,12-13,19-20,23-24H,9,11H2,1-2H3,(H,21,22);1-2H,(H,5,6)(H,7,8)/b;;2-1+/t2*13-,19-;/m11./s1. The molecule has 0 radical (unpaired) electrons. The number of anilines is 2. The minimum atomic E-state index is -1.26. The number of nitrogens with one attached hydrogen (secondary N) is 4. The molecular formula is C42H52N4O12. The maximum atomic E-state index is 10.5. The predicted molar refractivity (Wildman–Crippen MR) is 218 cm³/mol. The van der Waals surface area contributed by atoms with E-state index in [9.17, 15) is 39.6 Å². The summed E-state index contributed by atoms with van der Waals surface area (Å²) in [5.41, 5.74) is 4.14. The summed E-state index contributed by atoms with van der Waals surface area (Å²) in [7, 11) is 3.28. The Kier molecular flexibility index (Phi) is 21.1.